The third-order valence-electron chi connectivity index (χ3n) is 3.45. The molecule has 0 aliphatic heterocycles. The van der Waals surface area contributed by atoms with E-state index >= 15 is 0 Å². The summed E-state index contributed by atoms with van der Waals surface area (Å²) in [5.74, 6) is 0. The molecule has 0 heterocycles. The van der Waals surface area contributed by atoms with E-state index in [1.807, 2.05) is 43.3 Å². The molecule has 0 unspecified atom stereocenters. The first-order valence-electron chi connectivity index (χ1n) is 8.57. The summed E-state index contributed by atoms with van der Waals surface area (Å²) in [6.45, 7) is 18.8. The number of aliphatic hydroxyl groups excluding tert-OH is 1. The Morgan fingerprint density at radius 3 is 1.80 bits per heavy atom. The Balaban J connectivity index is -0.000000183. The molecule has 30 heavy (non-hydrogen) atoms. The van der Waals surface area contributed by atoms with Gasteiger partial charge >= 0.3 is 33.9 Å². The van der Waals surface area contributed by atoms with Crippen molar-refractivity contribution >= 4 is 0 Å². The van der Waals surface area contributed by atoms with E-state index < -0.39 is 0 Å². The minimum absolute atomic E-state index is 0. The van der Waals surface area contributed by atoms with E-state index in [2.05, 4.69) is 69.1 Å². The number of hydrogen-bond donors (Lipinski definition) is 1. The van der Waals surface area contributed by atoms with Gasteiger partial charge in [0, 0.05) is 40.7 Å². The van der Waals surface area contributed by atoms with Crippen molar-refractivity contribution in [2.45, 2.75) is 20.1 Å². The van der Waals surface area contributed by atoms with Crippen LogP contribution < -0.4 is 0 Å². The molecule has 7 heteroatoms. The Hall–Kier alpha value is -1.77. The van der Waals surface area contributed by atoms with Gasteiger partial charge in [0.05, 0.1) is 6.61 Å². The number of nitrogens with zero attached hydrogens (tertiary/aromatic N) is 2. The van der Waals surface area contributed by atoms with E-state index in [1.165, 1.54) is 11.1 Å². The summed E-state index contributed by atoms with van der Waals surface area (Å²) in [4.78, 5) is 4.51. The minimum Gasteiger partial charge on any atom is 0 e. The van der Waals surface area contributed by atoms with Gasteiger partial charge in [-0.1, -0.05) is 29.8 Å². The molecule has 0 atom stereocenters. The number of hydrogen-bond acceptors (Lipinski definition) is 3. The molecule has 6 nitrogen and oxygen atoms in total. The van der Waals surface area contributed by atoms with Crippen LogP contribution in [-0.2, 0) is 48.2 Å². The van der Waals surface area contributed by atoms with Crippen molar-refractivity contribution in [3.8, 4) is 0 Å². The fourth-order valence-corrected chi connectivity index (χ4v) is 1.96. The Bertz CT molecular complexity index is 642. The topological polar surface area (TPSA) is 86.4 Å². The van der Waals surface area contributed by atoms with Gasteiger partial charge in [-0.25, -0.2) is 0 Å². The molecule has 0 aromatic heterocycles. The van der Waals surface area contributed by atoms with Crippen molar-refractivity contribution in [1.29, 1.82) is 0 Å². The van der Waals surface area contributed by atoms with Crippen LogP contribution in [0.1, 0.15) is 16.7 Å². The van der Waals surface area contributed by atoms with Crippen LogP contribution >= 0.6 is 0 Å². The third-order valence-corrected chi connectivity index (χ3v) is 3.45. The summed E-state index contributed by atoms with van der Waals surface area (Å²) in [6, 6.07) is 19.2. The number of benzene rings is 2. The Morgan fingerprint density at radius 2 is 1.40 bits per heavy atom. The van der Waals surface area contributed by atoms with Crippen LogP contribution in [0.5, 0.6) is 0 Å². The molecule has 162 valence electrons. The zero-order valence-corrected chi connectivity index (χ0v) is 20.9. The van der Waals surface area contributed by atoms with E-state index in [0.717, 1.165) is 25.2 Å². The van der Waals surface area contributed by atoms with Crippen molar-refractivity contribution in [3.63, 3.8) is 0 Å². The van der Waals surface area contributed by atoms with E-state index in [-0.39, 0.29) is 27.7 Å². The van der Waals surface area contributed by atoms with Crippen LogP contribution in [0.4, 0.5) is 0 Å². The fourth-order valence-electron chi connectivity index (χ4n) is 1.96. The van der Waals surface area contributed by atoms with Gasteiger partial charge in [0.1, 0.15) is 0 Å². The summed E-state index contributed by atoms with van der Waals surface area (Å²) in [5, 5.41) is 8.63. The van der Waals surface area contributed by atoms with Gasteiger partial charge < -0.3 is 14.9 Å². The van der Waals surface area contributed by atoms with Gasteiger partial charge in [0.2, 0.25) is 0 Å². The maximum Gasteiger partial charge on any atom is 0 e. The van der Waals surface area contributed by atoms with Crippen LogP contribution in [0.3, 0.4) is 0 Å². The Kier molecular flexibility index (Phi) is 32.4. The number of aliphatic hydroxyl groups is 1. The van der Waals surface area contributed by atoms with Gasteiger partial charge in [-0.3, -0.25) is 0 Å². The van der Waals surface area contributed by atoms with Crippen molar-refractivity contribution in [1.82, 2.24) is 9.80 Å². The molecule has 0 bridgehead atoms. The summed E-state index contributed by atoms with van der Waals surface area (Å²) >= 11 is 0. The van der Waals surface area contributed by atoms with Gasteiger partial charge in [-0.2, -0.15) is 30.3 Å². The van der Waals surface area contributed by atoms with Crippen LogP contribution in [-0.4, -0.2) is 49.1 Å². The molecule has 0 aliphatic carbocycles. The monoisotopic (exact) mass is 581 g/mol. The molecule has 0 spiro atoms. The fraction of sp³-hybridized carbons (Fsp3) is 0.348. The standard InChI is InChI=1S/C12H19N2.C8H10O.3CO.W/c1-13(2)9-10-14(3)11-12-7-5-4-6-8-12;1-7-2-4-8(6-9)5-3-7;3*1-2;/h4-7H,9-11H2,1-3H3;2-5,9H,6H2,1H3;;;;/q-1;;;;;. The van der Waals surface area contributed by atoms with Gasteiger partial charge in [0.25, 0.3) is 0 Å². The summed E-state index contributed by atoms with van der Waals surface area (Å²) in [6.07, 6.45) is 0. The van der Waals surface area contributed by atoms with Crippen molar-refractivity contribution in [2.24, 2.45) is 0 Å². The number of likely N-dealkylation sites (N-methyl/N-ethyl adjacent to an activating group) is 2. The zero-order valence-electron chi connectivity index (χ0n) is 17.9. The SMILES string of the molecule is CN(C)CCN(C)Cc1[c-]cccc1.Cc1ccc(CO)cc1.[C-]#[O+].[C-]#[O+].[C-]#[O+].[W]. The van der Waals surface area contributed by atoms with Gasteiger partial charge in [0.15, 0.2) is 0 Å². The largest absolute Gasteiger partial charge is 0 e. The first-order chi connectivity index (χ1) is 14.0. The number of aryl methyl sites for hydroxylation is 1. The van der Waals surface area contributed by atoms with E-state index in [4.69, 9.17) is 19.1 Å². The molecule has 1 N–H and O–H groups in total. The second-order valence-corrected chi connectivity index (χ2v) is 6.07. The van der Waals surface area contributed by atoms with E-state index in [9.17, 15) is 0 Å². The molecule has 2 rings (SSSR count). The maximum atomic E-state index is 8.63. The average Bonchev–Trinajstić information content (AvgIpc) is 2.78. The quantitative estimate of drug-likeness (QED) is 0.421. The zero-order chi connectivity index (χ0) is 23.1. The molecule has 0 amide bonds. The molecule has 0 aliphatic rings. The summed E-state index contributed by atoms with van der Waals surface area (Å²) in [5.41, 5.74) is 3.46. The molecular formula is C23H29N2O4W-. The van der Waals surface area contributed by atoms with Gasteiger partial charge in [-0.15, -0.1) is 5.56 Å². The summed E-state index contributed by atoms with van der Waals surface area (Å²) in [7, 11) is 6.34. The van der Waals surface area contributed by atoms with E-state index in [1.54, 1.807) is 0 Å². The molecule has 2 aromatic carbocycles. The molecule has 0 fully saturated rings. The molecular weight excluding hydrogens is 552 g/mol. The predicted molar refractivity (Wildman–Crippen MR) is 109 cm³/mol. The maximum absolute atomic E-state index is 8.63. The summed E-state index contributed by atoms with van der Waals surface area (Å²) < 4.78 is 22.5. The second-order valence-electron chi connectivity index (χ2n) is 6.07. The molecule has 0 saturated heterocycles. The normalized spacial score (nSPS) is 8.30. The van der Waals surface area contributed by atoms with E-state index in [0.29, 0.717) is 0 Å². The average molecular weight is 581 g/mol. The van der Waals surface area contributed by atoms with Crippen LogP contribution in [0.15, 0.2) is 48.5 Å². The molecule has 0 radical (unpaired) electrons. The first kappa shape index (κ1) is 35.7. The van der Waals surface area contributed by atoms with Crippen molar-refractivity contribution in [2.75, 3.05) is 34.2 Å². The second kappa shape index (κ2) is 27.2. The molecule has 0 saturated carbocycles. The predicted octanol–water partition coefficient (Wildman–Crippen LogP) is 2.85. The Labute approximate surface area is 195 Å². The van der Waals surface area contributed by atoms with Crippen molar-refractivity contribution in [3.05, 3.63) is 91.2 Å². The van der Waals surface area contributed by atoms with Crippen LogP contribution in [0.25, 0.3) is 0 Å². The van der Waals surface area contributed by atoms with Crippen LogP contribution in [0, 0.1) is 32.9 Å². The molecule has 2 aromatic rings. The smallest absolute Gasteiger partial charge is 0 e. The van der Waals surface area contributed by atoms with Crippen molar-refractivity contribution < 1.29 is 40.1 Å². The number of rotatable bonds is 6. The Morgan fingerprint density at radius 1 is 0.867 bits per heavy atom. The van der Waals surface area contributed by atoms with Gasteiger partial charge in [-0.05, 0) is 33.6 Å². The third kappa shape index (κ3) is 22.5. The minimum atomic E-state index is 0. The van der Waals surface area contributed by atoms with Crippen LogP contribution in [0.2, 0.25) is 0 Å². The first-order valence-corrected chi connectivity index (χ1v) is 8.57.